The Labute approximate surface area is 121 Å². The number of carboxylic acid groups (broad SMARTS) is 2. The first-order valence-corrected chi connectivity index (χ1v) is 6.31. The Balaban J connectivity index is 2.10. The molecular formula is C16H14O5. The Morgan fingerprint density at radius 1 is 1.00 bits per heavy atom. The maximum absolute atomic E-state index is 11.1. The largest absolute Gasteiger partial charge is 0.489 e. The van der Waals surface area contributed by atoms with E-state index in [-0.39, 0.29) is 18.6 Å². The van der Waals surface area contributed by atoms with Crippen molar-refractivity contribution in [2.75, 3.05) is 0 Å². The number of hydrogen-bond acceptors (Lipinski definition) is 3. The maximum atomic E-state index is 11.1. The number of rotatable bonds is 6. The quantitative estimate of drug-likeness (QED) is 0.852. The molecule has 0 bridgehead atoms. The molecule has 0 aliphatic rings. The summed E-state index contributed by atoms with van der Waals surface area (Å²) in [6.07, 6.45) is -0.0804. The SMILES string of the molecule is O=C(O)Cc1cccc(OCc2ccccc2C(=O)O)c1. The van der Waals surface area contributed by atoms with Crippen LogP contribution in [0.2, 0.25) is 0 Å². The molecule has 0 aliphatic heterocycles. The smallest absolute Gasteiger partial charge is 0.336 e. The number of aliphatic carboxylic acids is 1. The lowest BCUT2D eigenvalue weighted by molar-refractivity contribution is -0.136. The second kappa shape index (κ2) is 6.56. The van der Waals surface area contributed by atoms with E-state index in [0.29, 0.717) is 16.9 Å². The van der Waals surface area contributed by atoms with Gasteiger partial charge in [-0.2, -0.15) is 0 Å². The highest BCUT2D eigenvalue weighted by atomic mass is 16.5. The van der Waals surface area contributed by atoms with Gasteiger partial charge in [-0.25, -0.2) is 4.79 Å². The molecule has 0 unspecified atom stereocenters. The molecular weight excluding hydrogens is 272 g/mol. The fourth-order valence-corrected chi connectivity index (χ4v) is 1.94. The van der Waals surface area contributed by atoms with Crippen molar-refractivity contribution in [3.63, 3.8) is 0 Å². The highest BCUT2D eigenvalue weighted by Gasteiger charge is 2.09. The zero-order chi connectivity index (χ0) is 15.2. The van der Waals surface area contributed by atoms with Crippen LogP contribution in [-0.2, 0) is 17.8 Å². The Morgan fingerprint density at radius 2 is 1.76 bits per heavy atom. The predicted molar refractivity (Wildman–Crippen MR) is 75.5 cm³/mol. The summed E-state index contributed by atoms with van der Waals surface area (Å²) < 4.78 is 5.55. The van der Waals surface area contributed by atoms with Crippen LogP contribution in [0.15, 0.2) is 48.5 Å². The van der Waals surface area contributed by atoms with Crippen LogP contribution in [0.25, 0.3) is 0 Å². The van der Waals surface area contributed by atoms with Crippen molar-refractivity contribution in [3.05, 3.63) is 65.2 Å². The summed E-state index contributed by atoms with van der Waals surface area (Å²) >= 11 is 0. The van der Waals surface area contributed by atoms with Gasteiger partial charge in [-0.3, -0.25) is 4.79 Å². The van der Waals surface area contributed by atoms with Gasteiger partial charge in [0, 0.05) is 5.56 Å². The fourth-order valence-electron chi connectivity index (χ4n) is 1.94. The average Bonchev–Trinajstić information content (AvgIpc) is 2.45. The number of ether oxygens (including phenoxy) is 1. The number of hydrogen-bond donors (Lipinski definition) is 2. The predicted octanol–water partition coefficient (Wildman–Crippen LogP) is 2.59. The van der Waals surface area contributed by atoms with Gasteiger partial charge in [0.15, 0.2) is 0 Å². The molecule has 0 saturated heterocycles. The summed E-state index contributed by atoms with van der Waals surface area (Å²) in [7, 11) is 0. The van der Waals surface area contributed by atoms with Gasteiger partial charge in [-0.1, -0.05) is 30.3 Å². The summed E-state index contributed by atoms with van der Waals surface area (Å²) in [5.41, 5.74) is 1.39. The van der Waals surface area contributed by atoms with E-state index in [1.807, 2.05) is 0 Å². The first-order chi connectivity index (χ1) is 10.1. The van der Waals surface area contributed by atoms with Crippen molar-refractivity contribution in [2.45, 2.75) is 13.0 Å². The van der Waals surface area contributed by atoms with Gasteiger partial charge in [0.1, 0.15) is 12.4 Å². The molecule has 108 valence electrons. The topological polar surface area (TPSA) is 83.8 Å². The third-order valence-corrected chi connectivity index (χ3v) is 2.90. The van der Waals surface area contributed by atoms with Gasteiger partial charge in [0.25, 0.3) is 0 Å². The highest BCUT2D eigenvalue weighted by Crippen LogP contribution is 2.17. The number of benzene rings is 2. The molecule has 0 atom stereocenters. The zero-order valence-electron chi connectivity index (χ0n) is 11.2. The maximum Gasteiger partial charge on any atom is 0.336 e. The van der Waals surface area contributed by atoms with E-state index in [1.165, 1.54) is 6.07 Å². The van der Waals surface area contributed by atoms with Crippen molar-refractivity contribution in [2.24, 2.45) is 0 Å². The first kappa shape index (κ1) is 14.6. The van der Waals surface area contributed by atoms with Crippen LogP contribution in [0.5, 0.6) is 5.75 Å². The van der Waals surface area contributed by atoms with Crippen LogP contribution in [0, 0.1) is 0 Å². The fraction of sp³-hybridized carbons (Fsp3) is 0.125. The van der Waals surface area contributed by atoms with Crippen LogP contribution in [0.4, 0.5) is 0 Å². The molecule has 0 aliphatic carbocycles. The van der Waals surface area contributed by atoms with Gasteiger partial charge >= 0.3 is 11.9 Å². The lowest BCUT2D eigenvalue weighted by Gasteiger charge is -2.09. The Morgan fingerprint density at radius 3 is 2.48 bits per heavy atom. The van der Waals surface area contributed by atoms with Crippen LogP contribution in [0.3, 0.4) is 0 Å². The number of carbonyl (C=O) groups is 2. The van der Waals surface area contributed by atoms with Crippen molar-refractivity contribution in [3.8, 4) is 5.75 Å². The Bertz CT molecular complexity index is 663. The monoisotopic (exact) mass is 286 g/mol. The van der Waals surface area contributed by atoms with Gasteiger partial charge in [0.05, 0.1) is 12.0 Å². The summed E-state index contributed by atoms with van der Waals surface area (Å²) in [5.74, 6) is -1.41. The molecule has 2 rings (SSSR count). The van der Waals surface area contributed by atoms with Gasteiger partial charge < -0.3 is 14.9 Å². The summed E-state index contributed by atoms with van der Waals surface area (Å²) in [4.78, 5) is 21.8. The van der Waals surface area contributed by atoms with E-state index in [0.717, 1.165) is 0 Å². The lowest BCUT2D eigenvalue weighted by Crippen LogP contribution is -2.05. The third kappa shape index (κ3) is 4.07. The molecule has 2 aromatic carbocycles. The molecule has 0 heterocycles. The van der Waals surface area contributed by atoms with E-state index in [4.69, 9.17) is 14.9 Å². The molecule has 2 aromatic rings. The molecule has 5 nitrogen and oxygen atoms in total. The third-order valence-electron chi connectivity index (χ3n) is 2.90. The van der Waals surface area contributed by atoms with E-state index >= 15 is 0 Å². The molecule has 2 N–H and O–H groups in total. The van der Waals surface area contributed by atoms with Crippen LogP contribution in [0.1, 0.15) is 21.5 Å². The van der Waals surface area contributed by atoms with Crippen molar-refractivity contribution < 1.29 is 24.5 Å². The second-order valence-corrected chi connectivity index (χ2v) is 4.47. The molecule has 0 fully saturated rings. The summed E-state index contributed by atoms with van der Waals surface area (Å²) in [6, 6.07) is 13.3. The minimum Gasteiger partial charge on any atom is -0.489 e. The minimum absolute atomic E-state index is 0.0804. The second-order valence-electron chi connectivity index (χ2n) is 4.47. The number of aromatic carboxylic acids is 1. The van der Waals surface area contributed by atoms with Gasteiger partial charge in [-0.15, -0.1) is 0 Å². The van der Waals surface area contributed by atoms with E-state index in [9.17, 15) is 9.59 Å². The molecule has 0 spiro atoms. The molecule has 21 heavy (non-hydrogen) atoms. The summed E-state index contributed by atoms with van der Waals surface area (Å²) in [6.45, 7) is 0.110. The minimum atomic E-state index is -1.01. The van der Waals surface area contributed by atoms with E-state index < -0.39 is 11.9 Å². The van der Waals surface area contributed by atoms with Gasteiger partial charge in [0.2, 0.25) is 0 Å². The molecule has 5 heteroatoms. The van der Waals surface area contributed by atoms with Crippen molar-refractivity contribution in [1.29, 1.82) is 0 Å². The van der Waals surface area contributed by atoms with Crippen LogP contribution >= 0.6 is 0 Å². The number of carboxylic acids is 2. The van der Waals surface area contributed by atoms with Crippen LogP contribution in [-0.4, -0.2) is 22.2 Å². The van der Waals surface area contributed by atoms with Gasteiger partial charge in [-0.05, 0) is 23.8 Å². The zero-order valence-corrected chi connectivity index (χ0v) is 11.2. The lowest BCUT2D eigenvalue weighted by atomic mass is 10.1. The normalized spacial score (nSPS) is 10.1. The van der Waals surface area contributed by atoms with Crippen molar-refractivity contribution >= 4 is 11.9 Å². The standard InChI is InChI=1S/C16H14O5/c17-15(18)9-11-4-3-6-13(8-11)21-10-12-5-1-2-7-14(12)16(19)20/h1-8H,9-10H2,(H,17,18)(H,19,20). The molecule has 0 aromatic heterocycles. The highest BCUT2D eigenvalue weighted by molar-refractivity contribution is 5.89. The van der Waals surface area contributed by atoms with Crippen LogP contribution < -0.4 is 4.74 Å². The molecule has 0 radical (unpaired) electrons. The Hall–Kier alpha value is -2.82. The van der Waals surface area contributed by atoms with Crippen molar-refractivity contribution in [1.82, 2.24) is 0 Å². The van der Waals surface area contributed by atoms with E-state index in [2.05, 4.69) is 0 Å². The molecule has 0 amide bonds. The summed E-state index contributed by atoms with van der Waals surface area (Å²) in [5, 5.41) is 17.8. The Kier molecular flexibility index (Phi) is 4.56. The molecule has 0 saturated carbocycles. The average molecular weight is 286 g/mol. The van der Waals surface area contributed by atoms with E-state index in [1.54, 1.807) is 42.5 Å². The first-order valence-electron chi connectivity index (χ1n) is 6.31.